The molecule has 0 unspecified atom stereocenters. The van der Waals surface area contributed by atoms with Crippen LogP contribution >= 0.6 is 23.4 Å². The maximum Gasteiger partial charge on any atom is 0.335 e. The monoisotopic (exact) mass is 478 g/mol. The molecule has 6 nitrogen and oxygen atoms in total. The third-order valence-electron chi connectivity index (χ3n) is 4.80. The molecule has 166 valence electrons. The zero-order valence-electron chi connectivity index (χ0n) is 17.6. The summed E-state index contributed by atoms with van der Waals surface area (Å²) in [4.78, 5) is 30.3. The van der Waals surface area contributed by atoms with E-state index >= 15 is 0 Å². The summed E-state index contributed by atoms with van der Waals surface area (Å²) in [5, 5.41) is 10.3. The van der Waals surface area contributed by atoms with Crippen molar-refractivity contribution in [3.63, 3.8) is 0 Å². The quantitative estimate of drug-likeness (QED) is 0.449. The summed E-state index contributed by atoms with van der Waals surface area (Å²) in [7, 11) is 1.64. The molecule has 1 amide bonds. The number of ether oxygens (including phenoxy) is 1. The number of nitrogens with zero attached hydrogens (tertiary/aromatic N) is 2. The van der Waals surface area contributed by atoms with Crippen LogP contribution < -0.4 is 4.74 Å². The number of halogens is 1. The van der Waals surface area contributed by atoms with Crippen LogP contribution in [0, 0.1) is 0 Å². The van der Waals surface area contributed by atoms with Crippen LogP contribution in [-0.4, -0.2) is 34.1 Å². The first kappa shape index (κ1) is 22.6. The number of amides is 1. The van der Waals surface area contributed by atoms with Crippen LogP contribution in [0.3, 0.4) is 0 Å². The van der Waals surface area contributed by atoms with Crippen LogP contribution in [0.5, 0.6) is 5.75 Å². The fraction of sp³-hybridized carbons (Fsp3) is 0.0800. The molecule has 0 radical (unpaired) electrons. The first-order valence-electron chi connectivity index (χ1n) is 9.96. The van der Waals surface area contributed by atoms with Crippen LogP contribution in [-0.2, 0) is 11.4 Å². The van der Waals surface area contributed by atoms with Crippen LogP contribution in [0.15, 0.2) is 82.7 Å². The second-order valence-electron chi connectivity index (χ2n) is 7.21. The zero-order chi connectivity index (χ0) is 23.4. The number of carboxylic acids is 1. The summed E-state index contributed by atoms with van der Waals surface area (Å²) in [6.07, 6.45) is 1.79. The van der Waals surface area contributed by atoms with E-state index in [1.54, 1.807) is 25.3 Å². The predicted octanol–water partition coefficient (Wildman–Crippen LogP) is 5.85. The Morgan fingerprint density at radius 1 is 1.12 bits per heavy atom. The van der Waals surface area contributed by atoms with Gasteiger partial charge in [0.1, 0.15) is 12.4 Å². The molecule has 0 saturated carbocycles. The topological polar surface area (TPSA) is 79.2 Å². The number of hydrogen-bond donors (Lipinski definition) is 1. The van der Waals surface area contributed by atoms with E-state index in [9.17, 15) is 9.59 Å². The highest BCUT2D eigenvalue weighted by Crippen LogP contribution is 2.33. The number of carbonyl (C=O) groups excluding carboxylic acids is 1. The average Bonchev–Trinajstić information content (AvgIpc) is 3.07. The van der Waals surface area contributed by atoms with Gasteiger partial charge in [-0.25, -0.2) is 9.79 Å². The Morgan fingerprint density at radius 3 is 2.64 bits per heavy atom. The minimum absolute atomic E-state index is 0.139. The minimum Gasteiger partial charge on any atom is -0.489 e. The molecule has 0 aromatic heterocycles. The predicted molar refractivity (Wildman–Crippen MR) is 131 cm³/mol. The van der Waals surface area contributed by atoms with Crippen molar-refractivity contribution in [2.24, 2.45) is 4.99 Å². The standard InChI is InChI=1S/C25H19ClN2O4S/c1-28-23(29)22(33-25(28)27-20-6-3-5-18(14-20)24(30)31)13-17-4-2-7-21(12-17)32-15-16-8-10-19(26)11-9-16/h2-14H,15H2,1H3,(H,30,31)/b22-13-,27-25?. The van der Waals surface area contributed by atoms with E-state index in [1.807, 2.05) is 48.5 Å². The summed E-state index contributed by atoms with van der Waals surface area (Å²) in [6, 6.07) is 21.2. The third kappa shape index (κ3) is 5.63. The molecule has 0 aliphatic carbocycles. The Kier molecular flexibility index (Phi) is 6.82. The smallest absolute Gasteiger partial charge is 0.335 e. The van der Waals surface area contributed by atoms with E-state index in [2.05, 4.69) is 4.99 Å². The van der Waals surface area contributed by atoms with Crippen LogP contribution in [0.4, 0.5) is 5.69 Å². The van der Waals surface area contributed by atoms with Crippen molar-refractivity contribution in [1.82, 2.24) is 4.90 Å². The lowest BCUT2D eigenvalue weighted by Gasteiger charge is -2.08. The van der Waals surface area contributed by atoms with E-state index < -0.39 is 5.97 Å². The molecule has 8 heteroatoms. The van der Waals surface area contributed by atoms with Crippen molar-refractivity contribution >= 4 is 52.2 Å². The highest BCUT2D eigenvalue weighted by molar-refractivity contribution is 8.18. The van der Waals surface area contributed by atoms with Gasteiger partial charge in [-0.1, -0.05) is 41.9 Å². The molecule has 1 N–H and O–H groups in total. The number of amidine groups is 1. The Bertz CT molecular complexity index is 1270. The molecule has 1 aliphatic heterocycles. The van der Waals surface area contributed by atoms with Gasteiger partial charge < -0.3 is 9.84 Å². The third-order valence-corrected chi connectivity index (χ3v) is 6.11. The van der Waals surface area contributed by atoms with Crippen molar-refractivity contribution < 1.29 is 19.4 Å². The Labute approximate surface area is 200 Å². The van der Waals surface area contributed by atoms with Crippen molar-refractivity contribution in [2.75, 3.05) is 7.05 Å². The van der Waals surface area contributed by atoms with Crippen LogP contribution in [0.1, 0.15) is 21.5 Å². The summed E-state index contributed by atoms with van der Waals surface area (Å²) in [5.41, 5.74) is 2.43. The second-order valence-corrected chi connectivity index (χ2v) is 8.66. The minimum atomic E-state index is -1.03. The van der Waals surface area contributed by atoms with E-state index in [0.717, 1.165) is 11.1 Å². The fourth-order valence-corrected chi connectivity index (χ4v) is 4.18. The van der Waals surface area contributed by atoms with E-state index in [-0.39, 0.29) is 11.5 Å². The SMILES string of the molecule is CN1C(=O)/C(=C/c2cccc(OCc3ccc(Cl)cc3)c2)SC1=Nc1cccc(C(=O)O)c1. The molecule has 1 aliphatic rings. The summed E-state index contributed by atoms with van der Waals surface area (Å²) in [5.74, 6) is -0.526. The molecule has 0 atom stereocenters. The molecule has 33 heavy (non-hydrogen) atoms. The van der Waals surface area contributed by atoms with Crippen LogP contribution in [0.25, 0.3) is 6.08 Å². The molecule has 0 spiro atoms. The Morgan fingerprint density at radius 2 is 1.88 bits per heavy atom. The van der Waals surface area contributed by atoms with Crippen molar-refractivity contribution in [3.8, 4) is 5.75 Å². The lowest BCUT2D eigenvalue weighted by atomic mass is 10.2. The van der Waals surface area contributed by atoms with Gasteiger partial charge in [0.2, 0.25) is 0 Å². The molecule has 4 rings (SSSR count). The van der Waals surface area contributed by atoms with Gasteiger partial charge in [-0.3, -0.25) is 9.69 Å². The fourth-order valence-electron chi connectivity index (χ4n) is 3.06. The van der Waals surface area contributed by atoms with Gasteiger partial charge in [-0.2, -0.15) is 0 Å². The average molecular weight is 479 g/mol. The normalized spacial score (nSPS) is 15.9. The molecule has 3 aromatic carbocycles. The molecule has 1 heterocycles. The lowest BCUT2D eigenvalue weighted by molar-refractivity contribution is -0.121. The number of likely N-dealkylation sites (N-methyl/N-ethyl adjacent to an activating group) is 1. The summed E-state index contributed by atoms with van der Waals surface area (Å²) < 4.78 is 5.87. The van der Waals surface area contributed by atoms with Gasteiger partial charge in [-0.15, -0.1) is 0 Å². The Hall–Kier alpha value is -3.55. The second kappa shape index (κ2) is 9.94. The summed E-state index contributed by atoms with van der Waals surface area (Å²) in [6.45, 7) is 0.403. The molecular formula is C25H19ClN2O4S. The molecule has 0 bridgehead atoms. The van der Waals surface area contributed by atoms with E-state index in [0.29, 0.717) is 33.1 Å². The van der Waals surface area contributed by atoms with Gasteiger partial charge in [0.15, 0.2) is 5.17 Å². The first-order chi connectivity index (χ1) is 15.9. The molecule has 1 fully saturated rings. The highest BCUT2D eigenvalue weighted by Gasteiger charge is 2.30. The number of aliphatic imine (C=N–C) groups is 1. The summed E-state index contributed by atoms with van der Waals surface area (Å²) >= 11 is 7.15. The molecule has 1 saturated heterocycles. The van der Waals surface area contributed by atoms with Gasteiger partial charge in [0.05, 0.1) is 16.2 Å². The van der Waals surface area contributed by atoms with Crippen molar-refractivity contribution in [3.05, 3.63) is 99.4 Å². The van der Waals surface area contributed by atoms with Gasteiger partial charge in [0, 0.05) is 12.1 Å². The largest absolute Gasteiger partial charge is 0.489 e. The Balaban J connectivity index is 1.50. The van der Waals surface area contributed by atoms with Crippen molar-refractivity contribution in [1.29, 1.82) is 0 Å². The number of benzene rings is 3. The number of thioether (sulfide) groups is 1. The maximum atomic E-state index is 12.7. The molecular weight excluding hydrogens is 460 g/mol. The molecule has 3 aromatic rings. The maximum absolute atomic E-state index is 12.7. The number of carboxylic acid groups (broad SMARTS) is 1. The van der Waals surface area contributed by atoms with E-state index in [1.165, 1.54) is 28.8 Å². The lowest BCUT2D eigenvalue weighted by Crippen LogP contribution is -2.23. The van der Waals surface area contributed by atoms with Gasteiger partial charge >= 0.3 is 5.97 Å². The number of carbonyl (C=O) groups is 2. The van der Waals surface area contributed by atoms with Crippen LogP contribution in [0.2, 0.25) is 5.02 Å². The number of aromatic carboxylic acids is 1. The van der Waals surface area contributed by atoms with Crippen molar-refractivity contribution in [2.45, 2.75) is 6.61 Å². The van der Waals surface area contributed by atoms with E-state index in [4.69, 9.17) is 21.4 Å². The number of rotatable bonds is 6. The van der Waals surface area contributed by atoms with Gasteiger partial charge in [0.25, 0.3) is 5.91 Å². The zero-order valence-corrected chi connectivity index (χ0v) is 19.1. The highest BCUT2D eigenvalue weighted by atomic mass is 35.5. The first-order valence-corrected chi connectivity index (χ1v) is 11.2. The van der Waals surface area contributed by atoms with Gasteiger partial charge in [-0.05, 0) is 71.4 Å². The number of hydrogen-bond acceptors (Lipinski definition) is 5.